The molecule has 0 aliphatic carbocycles. The molecular formula is C2H8ClNaO4S. The molecule has 0 aromatic rings. The van der Waals surface area contributed by atoms with Crippen LogP contribution in [0, 0.1) is 0 Å². The predicted octanol–water partition coefficient (Wildman–Crippen LogP) is -3.60. The molecule has 0 unspecified atom stereocenters. The zero-order valence-electron chi connectivity index (χ0n) is 5.96. The van der Waals surface area contributed by atoms with Gasteiger partial charge in [-0.25, -0.2) is 0 Å². The molecular weight excluding hydrogens is 179 g/mol. The van der Waals surface area contributed by atoms with Crippen LogP contribution in [0.5, 0.6) is 0 Å². The second kappa shape index (κ2) is 7.27. The molecule has 0 heterocycles. The number of hydrogen-bond donors (Lipinski definition) is 1. The molecule has 0 aromatic heterocycles. The van der Waals surface area contributed by atoms with Crippen LogP contribution in [-0.4, -0.2) is 30.1 Å². The van der Waals surface area contributed by atoms with Crippen LogP contribution < -0.4 is 29.6 Å². The Morgan fingerprint density at radius 1 is 1.56 bits per heavy atom. The van der Waals surface area contributed by atoms with Crippen LogP contribution in [0.25, 0.3) is 0 Å². The Hall–Kier alpha value is 1.16. The van der Waals surface area contributed by atoms with E-state index in [2.05, 4.69) is 0 Å². The van der Waals surface area contributed by atoms with Gasteiger partial charge in [-0.2, -0.15) is 8.42 Å². The van der Waals surface area contributed by atoms with Crippen LogP contribution in [0.2, 0.25) is 0 Å². The van der Waals surface area contributed by atoms with Crippen molar-refractivity contribution in [1.29, 1.82) is 0 Å². The zero-order chi connectivity index (χ0) is 5.91. The van der Waals surface area contributed by atoms with E-state index in [1.807, 2.05) is 0 Å². The molecule has 0 aliphatic rings. The minimum absolute atomic E-state index is 0. The SMILES string of the molecule is O.O=S(=O)(O)CCCl.[H-].[Na+]. The van der Waals surface area contributed by atoms with E-state index in [-0.39, 0.29) is 48.1 Å². The van der Waals surface area contributed by atoms with Gasteiger partial charge in [0.2, 0.25) is 0 Å². The van der Waals surface area contributed by atoms with Crippen LogP contribution in [0.15, 0.2) is 0 Å². The minimum Gasteiger partial charge on any atom is -1.00 e. The second-order valence-corrected chi connectivity index (χ2v) is 2.93. The Morgan fingerprint density at radius 3 is 1.89 bits per heavy atom. The quantitative estimate of drug-likeness (QED) is 0.275. The fraction of sp³-hybridized carbons (Fsp3) is 1.00. The summed E-state index contributed by atoms with van der Waals surface area (Å²) in [6.07, 6.45) is 0. The molecule has 9 heavy (non-hydrogen) atoms. The third-order valence-corrected chi connectivity index (χ3v) is 1.47. The molecule has 0 spiro atoms. The maximum Gasteiger partial charge on any atom is 1.00 e. The maximum atomic E-state index is 9.70. The van der Waals surface area contributed by atoms with Gasteiger partial charge in [-0.05, 0) is 0 Å². The molecule has 0 bridgehead atoms. The van der Waals surface area contributed by atoms with Crippen molar-refractivity contribution >= 4 is 21.7 Å². The van der Waals surface area contributed by atoms with Crippen LogP contribution in [0.4, 0.5) is 0 Å². The van der Waals surface area contributed by atoms with Crippen molar-refractivity contribution in [2.24, 2.45) is 0 Å². The van der Waals surface area contributed by atoms with Gasteiger partial charge in [-0.1, -0.05) is 0 Å². The smallest absolute Gasteiger partial charge is 1.00 e. The van der Waals surface area contributed by atoms with Crippen molar-refractivity contribution in [3.63, 3.8) is 0 Å². The molecule has 0 amide bonds. The minimum atomic E-state index is -3.81. The van der Waals surface area contributed by atoms with Gasteiger partial charge in [-0.3, -0.25) is 4.55 Å². The van der Waals surface area contributed by atoms with Gasteiger partial charge in [0.25, 0.3) is 10.1 Å². The largest absolute Gasteiger partial charge is 1.00 e. The maximum absolute atomic E-state index is 9.70. The topological polar surface area (TPSA) is 85.9 Å². The van der Waals surface area contributed by atoms with Gasteiger partial charge in [-0.15, -0.1) is 11.6 Å². The van der Waals surface area contributed by atoms with Crippen molar-refractivity contribution in [3.8, 4) is 0 Å². The van der Waals surface area contributed by atoms with Gasteiger partial charge >= 0.3 is 29.6 Å². The fourth-order valence-corrected chi connectivity index (χ4v) is 0.877. The Balaban J connectivity index is -0.0000000600. The summed E-state index contributed by atoms with van der Waals surface area (Å²) in [6.45, 7) is 0. The zero-order valence-corrected chi connectivity index (χ0v) is 8.54. The Labute approximate surface area is 82.4 Å². The molecule has 0 saturated heterocycles. The average molecular weight is 187 g/mol. The molecule has 0 saturated carbocycles. The van der Waals surface area contributed by atoms with E-state index in [0.717, 1.165) is 0 Å². The third kappa shape index (κ3) is 17.6. The number of rotatable bonds is 2. The van der Waals surface area contributed by atoms with E-state index in [1.54, 1.807) is 0 Å². The number of alkyl halides is 1. The van der Waals surface area contributed by atoms with E-state index < -0.39 is 10.1 Å². The van der Waals surface area contributed by atoms with Crippen molar-refractivity contribution in [2.75, 3.05) is 11.6 Å². The van der Waals surface area contributed by atoms with E-state index in [4.69, 9.17) is 16.2 Å². The molecule has 0 atom stereocenters. The summed E-state index contributed by atoms with van der Waals surface area (Å²) in [4.78, 5) is 0. The molecule has 0 aromatic carbocycles. The summed E-state index contributed by atoms with van der Waals surface area (Å²) in [5, 5.41) is 0. The summed E-state index contributed by atoms with van der Waals surface area (Å²) in [5.74, 6) is -0.423. The van der Waals surface area contributed by atoms with Crippen LogP contribution >= 0.6 is 11.6 Å². The average Bonchev–Trinajstić information content (AvgIpc) is 1.30. The van der Waals surface area contributed by atoms with Crippen molar-refractivity contribution in [2.45, 2.75) is 0 Å². The Kier molecular flexibility index (Phi) is 13.4. The Morgan fingerprint density at radius 2 is 1.89 bits per heavy atom. The monoisotopic (exact) mass is 186 g/mol. The second-order valence-electron chi connectivity index (χ2n) is 0.975. The number of halogens is 1. The summed E-state index contributed by atoms with van der Waals surface area (Å²) < 4.78 is 27.3. The summed E-state index contributed by atoms with van der Waals surface area (Å²) in [5.41, 5.74) is 0. The molecule has 54 valence electrons. The normalized spacial score (nSPS) is 9.11. The van der Waals surface area contributed by atoms with E-state index in [1.165, 1.54) is 0 Å². The van der Waals surface area contributed by atoms with Crippen LogP contribution in [0.3, 0.4) is 0 Å². The number of hydrogen-bond acceptors (Lipinski definition) is 2. The van der Waals surface area contributed by atoms with Crippen molar-refractivity contribution in [1.82, 2.24) is 0 Å². The standard InChI is InChI=1S/C2H5ClO3S.Na.H2O.H/c3-1-2-7(4,5)6;;;/h1-2H2,(H,4,5,6);;1H2;/q;+1;;-1. The summed E-state index contributed by atoms with van der Waals surface area (Å²) in [6, 6.07) is 0. The van der Waals surface area contributed by atoms with Gasteiger partial charge < -0.3 is 6.90 Å². The molecule has 0 fully saturated rings. The summed E-state index contributed by atoms with van der Waals surface area (Å²) in [7, 11) is -3.81. The molecule has 3 N–H and O–H groups in total. The van der Waals surface area contributed by atoms with Crippen LogP contribution in [0.1, 0.15) is 1.43 Å². The first kappa shape index (κ1) is 16.6. The third-order valence-electron chi connectivity index (χ3n) is 0.335. The van der Waals surface area contributed by atoms with Crippen molar-refractivity contribution < 1.29 is 49.4 Å². The molecule has 0 rings (SSSR count). The van der Waals surface area contributed by atoms with Crippen molar-refractivity contribution in [3.05, 3.63) is 0 Å². The molecule has 4 nitrogen and oxygen atoms in total. The van der Waals surface area contributed by atoms with Gasteiger partial charge in [0.05, 0.1) is 5.75 Å². The van der Waals surface area contributed by atoms with E-state index >= 15 is 0 Å². The first-order valence-corrected chi connectivity index (χ1v) is 3.72. The molecule has 0 aliphatic heterocycles. The van der Waals surface area contributed by atoms with E-state index in [0.29, 0.717) is 0 Å². The first-order chi connectivity index (χ1) is 3.06. The first-order valence-electron chi connectivity index (χ1n) is 1.57. The van der Waals surface area contributed by atoms with Gasteiger partial charge in [0, 0.05) is 5.88 Å². The fourth-order valence-electron chi connectivity index (χ4n) is 0.0975. The van der Waals surface area contributed by atoms with Crippen LogP contribution in [-0.2, 0) is 10.1 Å². The molecule has 7 heteroatoms. The van der Waals surface area contributed by atoms with Gasteiger partial charge in [0.1, 0.15) is 0 Å². The van der Waals surface area contributed by atoms with Gasteiger partial charge in [0.15, 0.2) is 0 Å². The van der Waals surface area contributed by atoms with E-state index in [9.17, 15) is 8.42 Å². The Bertz CT molecular complexity index is 136. The summed E-state index contributed by atoms with van der Waals surface area (Å²) >= 11 is 4.95. The molecule has 0 radical (unpaired) electrons. The predicted molar refractivity (Wildman–Crippen MR) is 31.9 cm³/mol.